The molecule has 138 heavy (non-hydrogen) atoms. The van der Waals surface area contributed by atoms with Crippen molar-refractivity contribution in [1.82, 2.24) is 44.9 Å². The van der Waals surface area contributed by atoms with E-state index in [1.807, 2.05) is 255 Å². The molecule has 13 heteroatoms. The third kappa shape index (κ3) is 20.4. The van der Waals surface area contributed by atoms with Crippen molar-refractivity contribution in [1.29, 1.82) is 0 Å². The lowest BCUT2D eigenvalue weighted by atomic mass is 9.87. The van der Waals surface area contributed by atoms with Crippen molar-refractivity contribution in [2.24, 2.45) is 0 Å². The predicted octanol–water partition coefficient (Wildman–Crippen LogP) is 31.0. The molecular formula is C125H88BrN11O. The maximum atomic E-state index is 13.8. The topological polar surface area (TPSA) is 185 Å². The van der Waals surface area contributed by atoms with Crippen LogP contribution in [-0.2, 0) is 6.42 Å². The Balaban J connectivity index is 0.000000132. The maximum absolute atomic E-state index is 13.8. The normalized spacial score (nSPS) is 10.9. The molecule has 0 aliphatic heterocycles. The number of carbonyl (C=O) groups is 1. The number of Topliss-reactive ketones (excluding diaryl/α,β-unsaturated/α-hetero) is 1. The number of aromatic nitrogens is 9. The summed E-state index contributed by atoms with van der Waals surface area (Å²) in [7, 11) is 0. The Bertz CT molecular complexity index is 7840. The molecule has 0 spiro atoms. The first-order valence-corrected chi connectivity index (χ1v) is 46.4. The molecule has 0 saturated heterocycles. The molecule has 22 aromatic rings. The number of rotatable bonds is 21. The second kappa shape index (κ2) is 41.4. The van der Waals surface area contributed by atoms with Gasteiger partial charge in [0, 0.05) is 83.5 Å². The number of benzene rings is 19. The van der Waals surface area contributed by atoms with Gasteiger partial charge in [-0.2, -0.15) is 0 Å². The van der Waals surface area contributed by atoms with Crippen LogP contribution < -0.4 is 11.5 Å². The molecule has 0 fully saturated rings. The second-order valence-electron chi connectivity index (χ2n) is 33.2. The fourth-order valence-electron chi connectivity index (χ4n) is 17.0. The minimum absolute atomic E-state index is 0.0752. The second-order valence-corrected chi connectivity index (χ2v) is 34.1. The fourth-order valence-corrected chi connectivity index (χ4v) is 17.2. The molecule has 0 aliphatic rings. The van der Waals surface area contributed by atoms with E-state index in [-0.39, 0.29) is 12.2 Å². The highest BCUT2D eigenvalue weighted by Gasteiger charge is 2.22. The minimum Gasteiger partial charge on any atom is -0.398 e. The lowest BCUT2D eigenvalue weighted by molar-refractivity contribution is 0.0993. The molecule has 0 saturated carbocycles. The third-order valence-electron chi connectivity index (χ3n) is 24.1. The van der Waals surface area contributed by atoms with Crippen molar-refractivity contribution in [2.45, 2.75) is 6.42 Å². The molecule has 0 bridgehead atoms. The summed E-state index contributed by atoms with van der Waals surface area (Å²) < 4.78 is 0.893. The first kappa shape index (κ1) is 87.9. The Labute approximate surface area is 810 Å². The van der Waals surface area contributed by atoms with Gasteiger partial charge in [0.05, 0.1) is 0 Å². The number of nitrogens with two attached hydrogens (primary N) is 2. The van der Waals surface area contributed by atoms with Gasteiger partial charge in [0.2, 0.25) is 0 Å². The summed E-state index contributed by atoms with van der Waals surface area (Å²) in [6.45, 7) is 0. The van der Waals surface area contributed by atoms with Gasteiger partial charge < -0.3 is 11.5 Å². The van der Waals surface area contributed by atoms with Gasteiger partial charge in [-0.05, 0) is 146 Å². The van der Waals surface area contributed by atoms with Crippen LogP contribution in [-0.4, -0.2) is 50.6 Å². The van der Waals surface area contributed by atoms with E-state index in [9.17, 15) is 4.79 Å². The summed E-state index contributed by atoms with van der Waals surface area (Å²) in [6.07, 6.45) is 0.263. The molecule has 4 N–H and O–H groups in total. The lowest BCUT2D eigenvalue weighted by Crippen LogP contribution is -2.05. The van der Waals surface area contributed by atoms with E-state index < -0.39 is 0 Å². The molecule has 19 aromatic carbocycles. The Morgan fingerprint density at radius 3 is 0.696 bits per heavy atom. The molecule has 656 valence electrons. The Morgan fingerprint density at radius 2 is 0.384 bits per heavy atom. The third-order valence-corrected chi connectivity index (χ3v) is 24.8. The molecule has 0 amide bonds. The Kier molecular flexibility index (Phi) is 26.4. The summed E-state index contributed by atoms with van der Waals surface area (Å²) in [5.74, 6) is 5.78. The monoisotopic (exact) mass is 1840 g/mol. The molecule has 3 heterocycles. The average molecular weight is 1840 g/mol. The van der Waals surface area contributed by atoms with Crippen LogP contribution in [0, 0.1) is 0 Å². The number of nitrogens with zero attached hydrogens (tertiary/aromatic N) is 9. The van der Waals surface area contributed by atoms with Crippen LogP contribution in [0.4, 0.5) is 11.4 Å². The fraction of sp³-hybridized carbons (Fsp3) is 0.00800. The first-order valence-electron chi connectivity index (χ1n) is 45.6. The first-order chi connectivity index (χ1) is 68.0. The number of nitrogen functional groups attached to an aromatic ring is 2. The summed E-state index contributed by atoms with van der Waals surface area (Å²) in [5.41, 5.74) is 44.1. The molecule has 0 atom stereocenters. The number of anilines is 2. The van der Waals surface area contributed by atoms with E-state index in [4.69, 9.17) is 56.3 Å². The van der Waals surface area contributed by atoms with Crippen molar-refractivity contribution in [3.8, 4) is 203 Å². The van der Waals surface area contributed by atoms with Crippen LogP contribution in [0.5, 0.6) is 0 Å². The zero-order valence-corrected chi connectivity index (χ0v) is 76.6. The highest BCUT2D eigenvalue weighted by Crippen LogP contribution is 2.43. The van der Waals surface area contributed by atoms with Gasteiger partial charge in [-0.3, -0.25) is 4.79 Å². The van der Waals surface area contributed by atoms with E-state index in [0.717, 1.165) is 149 Å². The summed E-state index contributed by atoms with van der Waals surface area (Å²) in [4.78, 5) is 57.4. The maximum Gasteiger partial charge on any atom is 0.167 e. The zero-order chi connectivity index (χ0) is 93.3. The quantitative estimate of drug-likeness (QED) is 0.0513. The Morgan fingerprint density at radius 1 is 0.174 bits per heavy atom. The molecule has 0 unspecified atom stereocenters. The molecule has 0 aliphatic carbocycles. The summed E-state index contributed by atoms with van der Waals surface area (Å²) >= 11 is 3.45. The standard InChI is InChI=1S/C53H37N3O.C45H32N4.C27H19BrN4/c57-50(39-18-7-2-8-19-39)36-46-35-44(32-33-48(46)49-27-14-13-26-47(49)45-25-15-24-43(34-45)37-16-5-1-6-17-37)38-28-30-42(31-29-38)53-55-51(40-20-9-3-10-21-40)54-52(56-53)41-22-11-4-12-23-41;46-42-30-37(27-28-41(42)40-22-11-10-21-39(40)38-20-12-19-36(29-38)31-13-4-1-5-14-31)32-23-25-35(26-24-32)45-48-43(33-15-6-2-7-16-33)47-44(49-45)34-17-8-3-9-18-34;28-23-16-15-22(17-24(23)29)18-11-13-21(14-12-18)27-31-25(19-7-3-1-4-8-19)30-26(32-27)20-9-5-2-6-10-20/h1-35H,36H2;1-30H,46H2;1-17H,29H2. The van der Waals surface area contributed by atoms with E-state index in [2.05, 4.69) is 259 Å². The van der Waals surface area contributed by atoms with Gasteiger partial charge >= 0.3 is 0 Å². The van der Waals surface area contributed by atoms with Gasteiger partial charge in [-0.25, -0.2) is 44.9 Å². The highest BCUT2D eigenvalue weighted by atomic mass is 79.9. The summed E-state index contributed by atoms with van der Waals surface area (Å²) in [5, 5.41) is 0. The zero-order valence-electron chi connectivity index (χ0n) is 75.0. The predicted molar refractivity (Wildman–Crippen MR) is 568 cm³/mol. The van der Waals surface area contributed by atoms with Gasteiger partial charge in [0.15, 0.2) is 58.2 Å². The van der Waals surface area contributed by atoms with Crippen LogP contribution in [0.15, 0.2) is 502 Å². The summed E-state index contributed by atoms with van der Waals surface area (Å²) in [6, 6.07) is 168. The van der Waals surface area contributed by atoms with Crippen LogP contribution in [0.1, 0.15) is 15.9 Å². The number of ketones is 1. The van der Waals surface area contributed by atoms with Gasteiger partial charge in [-0.1, -0.05) is 467 Å². The van der Waals surface area contributed by atoms with Crippen LogP contribution in [0.25, 0.3) is 203 Å². The lowest BCUT2D eigenvalue weighted by Gasteiger charge is -2.17. The molecular weight excluding hydrogens is 1750 g/mol. The van der Waals surface area contributed by atoms with Crippen molar-refractivity contribution in [3.63, 3.8) is 0 Å². The average Bonchev–Trinajstić information content (AvgIpc) is 0.784. The van der Waals surface area contributed by atoms with Crippen molar-refractivity contribution in [2.75, 3.05) is 11.5 Å². The highest BCUT2D eigenvalue weighted by molar-refractivity contribution is 9.10. The number of hydrogen-bond acceptors (Lipinski definition) is 12. The van der Waals surface area contributed by atoms with Gasteiger partial charge in [-0.15, -0.1) is 0 Å². The van der Waals surface area contributed by atoms with Crippen molar-refractivity contribution >= 4 is 33.1 Å². The Hall–Kier alpha value is -18.0. The van der Waals surface area contributed by atoms with Gasteiger partial charge in [0.25, 0.3) is 0 Å². The largest absolute Gasteiger partial charge is 0.398 e. The van der Waals surface area contributed by atoms with E-state index in [1.165, 1.54) is 16.7 Å². The van der Waals surface area contributed by atoms with E-state index in [1.54, 1.807) is 0 Å². The molecule has 12 nitrogen and oxygen atoms in total. The molecule has 3 aromatic heterocycles. The van der Waals surface area contributed by atoms with E-state index in [0.29, 0.717) is 63.7 Å². The van der Waals surface area contributed by atoms with Crippen molar-refractivity contribution in [3.05, 3.63) is 513 Å². The smallest absolute Gasteiger partial charge is 0.167 e. The number of halogens is 1. The minimum atomic E-state index is 0.0752. The SMILES string of the molecule is Nc1cc(-c2ccc(-c3nc(-c4ccccc4)nc(-c4ccccc4)n3)cc2)ccc1-c1ccccc1-c1cccc(-c2ccccc2)c1.Nc1cc(-c2ccc(-c3nc(-c4ccccc4)nc(-c4ccccc4)n3)cc2)ccc1Br.O=C(Cc1cc(-c2ccc(-c3nc(-c4ccccc4)nc(-c4ccccc4)n3)cc2)ccc1-c1ccccc1-c1cccc(-c2ccccc2)c1)c1ccccc1. The van der Waals surface area contributed by atoms with Crippen LogP contribution in [0.2, 0.25) is 0 Å². The number of carbonyl (C=O) groups excluding carboxylic acids is 1. The van der Waals surface area contributed by atoms with Crippen LogP contribution >= 0.6 is 15.9 Å². The number of hydrogen-bond donors (Lipinski definition) is 2. The van der Waals surface area contributed by atoms with Crippen molar-refractivity contribution < 1.29 is 4.79 Å². The van der Waals surface area contributed by atoms with E-state index >= 15 is 0 Å². The molecule has 22 rings (SSSR count). The van der Waals surface area contributed by atoms with Gasteiger partial charge in [0.1, 0.15) is 0 Å². The molecule has 0 radical (unpaired) electrons. The van der Waals surface area contributed by atoms with Crippen LogP contribution in [0.3, 0.4) is 0 Å².